The second-order valence-electron chi connectivity index (χ2n) is 6.07. The number of unbranched alkanes of at least 4 members (excludes halogenated alkanes) is 4. The average Bonchev–Trinajstić information content (AvgIpc) is 2.90. The maximum Gasteiger partial charge on any atom is 0.136 e. The first-order chi connectivity index (χ1) is 10.3. The zero-order chi connectivity index (χ0) is 14.9. The predicted molar refractivity (Wildman–Crippen MR) is 88.1 cm³/mol. The van der Waals surface area contributed by atoms with E-state index in [9.17, 15) is 4.79 Å². The van der Waals surface area contributed by atoms with Gasteiger partial charge in [0.2, 0.25) is 0 Å². The molecule has 0 spiro atoms. The Labute approximate surface area is 129 Å². The van der Waals surface area contributed by atoms with Gasteiger partial charge in [-0.3, -0.25) is 4.79 Å². The van der Waals surface area contributed by atoms with Gasteiger partial charge in [-0.05, 0) is 43.4 Å². The Hall–Kier alpha value is -1.55. The van der Waals surface area contributed by atoms with Crippen molar-refractivity contribution in [2.45, 2.75) is 64.7 Å². The predicted octanol–water partition coefficient (Wildman–Crippen LogP) is 4.92. The zero-order valence-corrected chi connectivity index (χ0v) is 13.2. The second-order valence-corrected chi connectivity index (χ2v) is 6.07. The first kappa shape index (κ1) is 15.8. The number of Topliss-reactive ketones (excluding diaryl/α,β-unsaturated/α-hetero) is 1. The first-order valence-corrected chi connectivity index (χ1v) is 8.40. The maximum atomic E-state index is 11.7. The highest BCUT2D eigenvalue weighted by Crippen LogP contribution is 2.25. The molecule has 1 aliphatic rings. The van der Waals surface area contributed by atoms with Crippen molar-refractivity contribution in [1.82, 2.24) is 0 Å². The molecule has 0 aliphatic heterocycles. The van der Waals surface area contributed by atoms with E-state index in [1.807, 2.05) is 0 Å². The van der Waals surface area contributed by atoms with E-state index < -0.39 is 0 Å². The van der Waals surface area contributed by atoms with E-state index in [1.165, 1.54) is 31.2 Å². The molecule has 0 unspecified atom stereocenters. The third kappa shape index (κ3) is 5.38. The third-order valence-electron chi connectivity index (χ3n) is 4.26. The fraction of sp³-hybridized carbons (Fsp3) is 0.550. The summed E-state index contributed by atoms with van der Waals surface area (Å²) < 4.78 is 0. The van der Waals surface area contributed by atoms with E-state index in [-0.39, 0.29) is 5.92 Å². The van der Waals surface area contributed by atoms with Crippen LogP contribution in [0.25, 0.3) is 0 Å². The van der Waals surface area contributed by atoms with E-state index >= 15 is 0 Å². The molecule has 1 aromatic carbocycles. The van der Waals surface area contributed by atoms with Crippen LogP contribution in [0.3, 0.4) is 0 Å². The van der Waals surface area contributed by atoms with Crippen molar-refractivity contribution >= 4 is 5.78 Å². The monoisotopic (exact) mass is 282 g/mol. The molecule has 1 saturated carbocycles. The van der Waals surface area contributed by atoms with Gasteiger partial charge in [0, 0.05) is 24.3 Å². The highest BCUT2D eigenvalue weighted by molar-refractivity contribution is 5.83. The van der Waals surface area contributed by atoms with Gasteiger partial charge < -0.3 is 0 Å². The third-order valence-corrected chi connectivity index (χ3v) is 4.26. The van der Waals surface area contributed by atoms with Gasteiger partial charge in [-0.1, -0.05) is 50.2 Å². The number of hydrogen-bond acceptors (Lipinski definition) is 1. The molecule has 1 fully saturated rings. The molecule has 0 heterocycles. The molecule has 1 atom stereocenters. The lowest BCUT2D eigenvalue weighted by molar-refractivity contribution is -0.120. The average molecular weight is 282 g/mol. The van der Waals surface area contributed by atoms with Crippen LogP contribution in [0.2, 0.25) is 0 Å². The second kappa shape index (κ2) is 8.67. The van der Waals surface area contributed by atoms with Crippen molar-refractivity contribution in [2.24, 2.45) is 5.92 Å². The molecule has 1 nitrogen and oxygen atoms in total. The molecule has 1 aromatic rings. The minimum atomic E-state index is 0.264. The molecule has 0 aromatic heterocycles. The van der Waals surface area contributed by atoms with Gasteiger partial charge in [-0.2, -0.15) is 0 Å². The normalized spacial score (nSPS) is 17.6. The van der Waals surface area contributed by atoms with Crippen molar-refractivity contribution < 1.29 is 4.79 Å². The standard InChI is InChI=1S/C20H26O/c1-2-3-4-5-6-7-9-17-12-14-18(15-13-17)16-19-10-8-11-20(19)21/h12-15,19H,2-6,8,10-11,16H2,1H3/t19-/m0/s1. The molecule has 21 heavy (non-hydrogen) atoms. The van der Waals surface area contributed by atoms with Gasteiger partial charge in [0.15, 0.2) is 0 Å². The van der Waals surface area contributed by atoms with Crippen LogP contribution < -0.4 is 0 Å². The molecule has 0 amide bonds. The highest BCUT2D eigenvalue weighted by Gasteiger charge is 2.24. The summed E-state index contributed by atoms with van der Waals surface area (Å²) in [6.07, 6.45) is 9.92. The van der Waals surface area contributed by atoms with Gasteiger partial charge in [-0.15, -0.1) is 0 Å². The Kier molecular flexibility index (Phi) is 6.54. The van der Waals surface area contributed by atoms with Crippen molar-refractivity contribution in [3.63, 3.8) is 0 Å². The Morgan fingerprint density at radius 1 is 1.14 bits per heavy atom. The summed E-state index contributed by atoms with van der Waals surface area (Å²) in [6, 6.07) is 8.45. The van der Waals surface area contributed by atoms with Crippen LogP contribution in [-0.2, 0) is 11.2 Å². The van der Waals surface area contributed by atoms with Crippen LogP contribution in [0.1, 0.15) is 69.4 Å². The molecule has 0 bridgehead atoms. The van der Waals surface area contributed by atoms with E-state index in [0.717, 1.165) is 37.7 Å². The summed E-state index contributed by atoms with van der Waals surface area (Å²) in [5, 5.41) is 0. The molecule has 1 heteroatoms. The SMILES string of the molecule is CCCCCCC#Cc1ccc(C[C@@H]2CCCC2=O)cc1. The highest BCUT2D eigenvalue weighted by atomic mass is 16.1. The van der Waals surface area contributed by atoms with Crippen LogP contribution in [0, 0.1) is 17.8 Å². The lowest BCUT2D eigenvalue weighted by Crippen LogP contribution is -2.09. The summed E-state index contributed by atoms with van der Waals surface area (Å²) in [5.41, 5.74) is 2.36. The summed E-state index contributed by atoms with van der Waals surface area (Å²) in [5.74, 6) is 7.20. The van der Waals surface area contributed by atoms with Gasteiger partial charge in [0.05, 0.1) is 0 Å². The number of carbonyl (C=O) groups excluding carboxylic acids is 1. The largest absolute Gasteiger partial charge is 0.299 e. The lowest BCUT2D eigenvalue weighted by atomic mass is 9.96. The number of benzene rings is 1. The van der Waals surface area contributed by atoms with Crippen LogP contribution in [0.4, 0.5) is 0 Å². The molecule has 2 rings (SSSR count). The van der Waals surface area contributed by atoms with Crippen LogP contribution in [0.15, 0.2) is 24.3 Å². The fourth-order valence-electron chi connectivity index (χ4n) is 2.92. The number of rotatable bonds is 6. The Balaban J connectivity index is 1.79. The molecular formula is C20H26O. The molecule has 112 valence electrons. The number of carbonyl (C=O) groups is 1. The van der Waals surface area contributed by atoms with Crippen LogP contribution >= 0.6 is 0 Å². The minimum absolute atomic E-state index is 0.264. The quantitative estimate of drug-likeness (QED) is 0.534. The Morgan fingerprint density at radius 3 is 2.62 bits per heavy atom. The van der Waals surface area contributed by atoms with E-state index in [2.05, 4.69) is 43.0 Å². The smallest absolute Gasteiger partial charge is 0.136 e. The molecule has 0 radical (unpaired) electrons. The van der Waals surface area contributed by atoms with Gasteiger partial charge in [-0.25, -0.2) is 0 Å². The molecular weight excluding hydrogens is 256 g/mol. The van der Waals surface area contributed by atoms with Crippen molar-refractivity contribution in [3.05, 3.63) is 35.4 Å². The van der Waals surface area contributed by atoms with E-state index in [0.29, 0.717) is 5.78 Å². The first-order valence-electron chi connectivity index (χ1n) is 8.40. The number of hydrogen-bond donors (Lipinski definition) is 0. The van der Waals surface area contributed by atoms with Crippen LogP contribution in [0.5, 0.6) is 0 Å². The zero-order valence-electron chi connectivity index (χ0n) is 13.2. The van der Waals surface area contributed by atoms with E-state index in [4.69, 9.17) is 0 Å². The lowest BCUT2D eigenvalue weighted by Gasteiger charge is -2.07. The topological polar surface area (TPSA) is 17.1 Å². The van der Waals surface area contributed by atoms with Crippen molar-refractivity contribution in [2.75, 3.05) is 0 Å². The van der Waals surface area contributed by atoms with Gasteiger partial charge in [0.1, 0.15) is 5.78 Å². The van der Waals surface area contributed by atoms with E-state index in [1.54, 1.807) is 0 Å². The van der Waals surface area contributed by atoms with Gasteiger partial charge >= 0.3 is 0 Å². The minimum Gasteiger partial charge on any atom is -0.299 e. The Morgan fingerprint density at radius 2 is 1.95 bits per heavy atom. The Bertz CT molecular complexity index is 501. The van der Waals surface area contributed by atoms with Crippen LogP contribution in [-0.4, -0.2) is 5.78 Å². The summed E-state index contributed by atoms with van der Waals surface area (Å²) in [6.45, 7) is 2.23. The summed E-state index contributed by atoms with van der Waals surface area (Å²) in [7, 11) is 0. The van der Waals surface area contributed by atoms with Crippen molar-refractivity contribution in [1.29, 1.82) is 0 Å². The maximum absolute atomic E-state index is 11.7. The summed E-state index contributed by atoms with van der Waals surface area (Å²) >= 11 is 0. The molecule has 0 N–H and O–H groups in total. The number of ketones is 1. The molecule has 0 saturated heterocycles. The molecule has 1 aliphatic carbocycles. The van der Waals surface area contributed by atoms with Crippen molar-refractivity contribution in [3.8, 4) is 11.8 Å². The summed E-state index contributed by atoms with van der Waals surface area (Å²) in [4.78, 5) is 11.7. The van der Waals surface area contributed by atoms with Gasteiger partial charge in [0.25, 0.3) is 0 Å². The fourth-order valence-corrected chi connectivity index (χ4v) is 2.92.